The van der Waals surface area contributed by atoms with E-state index in [4.69, 9.17) is 0 Å². The van der Waals surface area contributed by atoms with Crippen molar-refractivity contribution in [3.8, 4) is 0 Å². The van der Waals surface area contributed by atoms with Crippen LogP contribution in [0, 0.1) is 16.0 Å². The Labute approximate surface area is 125 Å². The number of nitro groups is 1. The Bertz CT molecular complexity index is 713. The minimum absolute atomic E-state index is 0.0312. The van der Waals surface area contributed by atoms with Gasteiger partial charge in [-0.3, -0.25) is 14.9 Å². The molecule has 0 saturated heterocycles. The van der Waals surface area contributed by atoms with Crippen molar-refractivity contribution >= 4 is 28.9 Å². The summed E-state index contributed by atoms with van der Waals surface area (Å²) in [6, 6.07) is 7.13. The van der Waals surface area contributed by atoms with Crippen molar-refractivity contribution in [1.82, 2.24) is 9.97 Å². The number of anilines is 3. The van der Waals surface area contributed by atoms with Crippen molar-refractivity contribution in [2.45, 2.75) is 12.8 Å². The Balaban J connectivity index is 1.69. The standard InChI is InChI=1S/C14H13N5O3/c20-13(9-4-5-9)17-10-2-1-3-11(6-10)18-14-15-7-12(8-16-14)19(21)22/h1-3,6-9H,4-5H2,(H,17,20)(H,15,16,18). The summed E-state index contributed by atoms with van der Waals surface area (Å²) >= 11 is 0. The van der Waals surface area contributed by atoms with Crippen LogP contribution in [0.25, 0.3) is 0 Å². The molecule has 22 heavy (non-hydrogen) atoms. The van der Waals surface area contributed by atoms with Gasteiger partial charge in [-0.1, -0.05) is 6.07 Å². The summed E-state index contributed by atoms with van der Waals surface area (Å²) in [7, 11) is 0. The van der Waals surface area contributed by atoms with E-state index in [2.05, 4.69) is 20.6 Å². The molecule has 1 aromatic heterocycles. The maximum atomic E-state index is 11.7. The third kappa shape index (κ3) is 3.35. The lowest BCUT2D eigenvalue weighted by Crippen LogP contribution is -2.13. The molecule has 0 atom stereocenters. The fraction of sp³-hybridized carbons (Fsp3) is 0.214. The average Bonchev–Trinajstić information content (AvgIpc) is 3.33. The summed E-state index contributed by atoms with van der Waals surface area (Å²) < 4.78 is 0. The number of nitrogens with zero attached hydrogens (tertiary/aromatic N) is 3. The van der Waals surface area contributed by atoms with Gasteiger partial charge in [0.25, 0.3) is 0 Å². The summed E-state index contributed by atoms with van der Waals surface area (Å²) in [6.45, 7) is 0. The number of rotatable bonds is 5. The number of aromatic nitrogens is 2. The molecule has 8 nitrogen and oxygen atoms in total. The largest absolute Gasteiger partial charge is 0.326 e. The maximum Gasteiger partial charge on any atom is 0.305 e. The first-order chi connectivity index (χ1) is 10.6. The van der Waals surface area contributed by atoms with E-state index >= 15 is 0 Å². The smallest absolute Gasteiger partial charge is 0.305 e. The Morgan fingerprint density at radius 2 is 1.91 bits per heavy atom. The molecule has 1 aliphatic carbocycles. The predicted octanol–water partition coefficient (Wildman–Crippen LogP) is 2.48. The van der Waals surface area contributed by atoms with Crippen molar-refractivity contribution in [1.29, 1.82) is 0 Å². The molecular formula is C14H13N5O3. The molecule has 3 rings (SSSR count). The summed E-state index contributed by atoms with van der Waals surface area (Å²) in [5.41, 5.74) is 1.20. The fourth-order valence-corrected chi connectivity index (χ4v) is 1.87. The maximum absolute atomic E-state index is 11.7. The molecule has 0 spiro atoms. The first-order valence-electron chi connectivity index (χ1n) is 6.76. The lowest BCUT2D eigenvalue weighted by Gasteiger charge is -2.08. The molecule has 1 amide bonds. The zero-order valence-electron chi connectivity index (χ0n) is 11.5. The van der Waals surface area contributed by atoms with Crippen LogP contribution in [0.15, 0.2) is 36.7 Å². The van der Waals surface area contributed by atoms with E-state index in [-0.39, 0.29) is 23.5 Å². The molecule has 8 heteroatoms. The van der Waals surface area contributed by atoms with Crippen LogP contribution in [-0.2, 0) is 4.79 Å². The molecule has 2 N–H and O–H groups in total. The quantitative estimate of drug-likeness (QED) is 0.648. The second-order valence-corrected chi connectivity index (χ2v) is 4.99. The van der Waals surface area contributed by atoms with Gasteiger partial charge >= 0.3 is 5.69 Å². The van der Waals surface area contributed by atoms with Gasteiger partial charge in [0.15, 0.2) is 0 Å². The number of benzene rings is 1. The lowest BCUT2D eigenvalue weighted by molar-refractivity contribution is -0.385. The Hall–Kier alpha value is -3.03. The zero-order chi connectivity index (χ0) is 15.5. The van der Waals surface area contributed by atoms with Crippen LogP contribution >= 0.6 is 0 Å². The topological polar surface area (TPSA) is 110 Å². The fourth-order valence-electron chi connectivity index (χ4n) is 1.87. The molecular weight excluding hydrogens is 286 g/mol. The second-order valence-electron chi connectivity index (χ2n) is 4.99. The highest BCUT2D eigenvalue weighted by Crippen LogP contribution is 2.30. The predicted molar refractivity (Wildman–Crippen MR) is 79.8 cm³/mol. The lowest BCUT2D eigenvalue weighted by atomic mass is 10.2. The molecule has 0 bridgehead atoms. The van der Waals surface area contributed by atoms with E-state index < -0.39 is 4.92 Å². The van der Waals surface area contributed by atoms with E-state index in [1.54, 1.807) is 24.3 Å². The Kier molecular flexibility index (Phi) is 3.65. The second kappa shape index (κ2) is 5.76. The summed E-state index contributed by atoms with van der Waals surface area (Å²) in [4.78, 5) is 29.5. The SMILES string of the molecule is O=C(Nc1cccc(Nc2ncc([N+](=O)[O-])cn2)c1)C1CC1. The summed E-state index contributed by atoms with van der Waals surface area (Å²) in [6.07, 6.45) is 4.16. The molecule has 1 saturated carbocycles. The van der Waals surface area contributed by atoms with Crippen molar-refractivity contribution in [2.24, 2.45) is 5.92 Å². The van der Waals surface area contributed by atoms with Crippen molar-refractivity contribution in [3.05, 3.63) is 46.8 Å². The molecule has 0 unspecified atom stereocenters. The van der Waals surface area contributed by atoms with Crippen molar-refractivity contribution in [3.63, 3.8) is 0 Å². The van der Waals surface area contributed by atoms with Gasteiger partial charge in [0.05, 0.1) is 4.92 Å². The molecule has 2 aromatic rings. The number of hydrogen-bond acceptors (Lipinski definition) is 6. The highest BCUT2D eigenvalue weighted by molar-refractivity contribution is 5.94. The minimum atomic E-state index is -0.558. The van der Waals surface area contributed by atoms with Crippen LogP contribution in [0.2, 0.25) is 0 Å². The van der Waals surface area contributed by atoms with E-state index in [1.807, 2.05) is 0 Å². The van der Waals surface area contributed by atoms with Crippen molar-refractivity contribution < 1.29 is 9.72 Å². The summed E-state index contributed by atoms with van der Waals surface area (Å²) in [5.74, 6) is 0.412. The Morgan fingerprint density at radius 3 is 2.55 bits per heavy atom. The van der Waals surface area contributed by atoms with Crippen LogP contribution in [0.3, 0.4) is 0 Å². The van der Waals surface area contributed by atoms with Gasteiger partial charge in [-0.2, -0.15) is 0 Å². The number of carbonyl (C=O) groups excluding carboxylic acids is 1. The van der Waals surface area contributed by atoms with Gasteiger partial charge in [-0.05, 0) is 31.0 Å². The van der Waals surface area contributed by atoms with Gasteiger partial charge in [-0.25, -0.2) is 9.97 Å². The molecule has 0 radical (unpaired) electrons. The van der Waals surface area contributed by atoms with Crippen LogP contribution in [-0.4, -0.2) is 20.8 Å². The molecule has 1 fully saturated rings. The highest BCUT2D eigenvalue weighted by atomic mass is 16.6. The average molecular weight is 299 g/mol. The Morgan fingerprint density at radius 1 is 1.23 bits per heavy atom. The van der Waals surface area contributed by atoms with Crippen LogP contribution in [0.5, 0.6) is 0 Å². The first kappa shape index (κ1) is 13.9. The van der Waals surface area contributed by atoms with Gasteiger partial charge < -0.3 is 10.6 Å². The number of hydrogen-bond donors (Lipinski definition) is 2. The third-order valence-corrected chi connectivity index (χ3v) is 3.18. The van der Waals surface area contributed by atoms with E-state index in [0.717, 1.165) is 25.2 Å². The number of nitrogens with one attached hydrogen (secondary N) is 2. The first-order valence-corrected chi connectivity index (χ1v) is 6.76. The minimum Gasteiger partial charge on any atom is -0.326 e. The van der Waals surface area contributed by atoms with Gasteiger partial charge in [0, 0.05) is 17.3 Å². The zero-order valence-corrected chi connectivity index (χ0v) is 11.5. The van der Waals surface area contributed by atoms with Crippen LogP contribution < -0.4 is 10.6 Å². The summed E-state index contributed by atoms with van der Waals surface area (Å²) in [5, 5.41) is 16.3. The van der Waals surface area contributed by atoms with Crippen molar-refractivity contribution in [2.75, 3.05) is 10.6 Å². The van der Waals surface area contributed by atoms with E-state index in [0.29, 0.717) is 11.4 Å². The molecule has 1 heterocycles. The number of carbonyl (C=O) groups is 1. The normalized spacial score (nSPS) is 13.5. The molecule has 1 aliphatic rings. The number of amides is 1. The van der Waals surface area contributed by atoms with Gasteiger partial charge in [0.2, 0.25) is 11.9 Å². The monoisotopic (exact) mass is 299 g/mol. The van der Waals surface area contributed by atoms with Gasteiger partial charge in [-0.15, -0.1) is 0 Å². The van der Waals surface area contributed by atoms with Gasteiger partial charge in [0.1, 0.15) is 12.4 Å². The molecule has 1 aromatic carbocycles. The van der Waals surface area contributed by atoms with Crippen LogP contribution in [0.4, 0.5) is 23.0 Å². The molecule has 112 valence electrons. The van der Waals surface area contributed by atoms with E-state index in [9.17, 15) is 14.9 Å². The third-order valence-electron chi connectivity index (χ3n) is 3.18. The van der Waals surface area contributed by atoms with E-state index in [1.165, 1.54) is 0 Å². The highest BCUT2D eigenvalue weighted by Gasteiger charge is 2.29. The van der Waals surface area contributed by atoms with Crippen LogP contribution in [0.1, 0.15) is 12.8 Å². The molecule has 0 aliphatic heterocycles.